The smallest absolute Gasteiger partial charge is 0.339 e. The minimum absolute atomic E-state index is 0.00481. The summed E-state index contributed by atoms with van der Waals surface area (Å²) in [6.07, 6.45) is 0. The Balaban J connectivity index is 1.51. The van der Waals surface area contributed by atoms with E-state index in [1.54, 1.807) is 0 Å². The third kappa shape index (κ3) is 5.14. The second kappa shape index (κ2) is 10.9. The van der Waals surface area contributed by atoms with Gasteiger partial charge in [0.15, 0.2) is 0 Å². The van der Waals surface area contributed by atoms with Crippen LogP contribution in [0.25, 0.3) is 0 Å². The van der Waals surface area contributed by atoms with Gasteiger partial charge in [0.05, 0.1) is 33.6 Å². The van der Waals surface area contributed by atoms with Crippen LogP contribution in [-0.2, 0) is 9.59 Å². The van der Waals surface area contributed by atoms with Crippen LogP contribution in [0.1, 0.15) is 20.7 Å². The summed E-state index contributed by atoms with van der Waals surface area (Å²) in [5.41, 5.74) is 0.474. The Morgan fingerprint density at radius 1 is 0.921 bits per heavy atom. The maximum Gasteiger partial charge on any atom is 0.339 e. The van der Waals surface area contributed by atoms with Crippen LogP contribution in [0.2, 0.25) is 15.1 Å². The number of rotatable bonds is 7. The number of anilines is 3. The van der Waals surface area contributed by atoms with Gasteiger partial charge >= 0.3 is 5.97 Å². The third-order valence-electron chi connectivity index (χ3n) is 5.38. The average Bonchev–Trinajstić information content (AvgIpc) is 3.09. The molecular weight excluding hydrogens is 580 g/mol. The number of nitrogens with one attached hydrogen (secondary N) is 2. The average molecular weight is 595 g/mol. The number of nitrogens with zero attached hydrogens (tertiary/aromatic N) is 1. The lowest BCUT2D eigenvalue weighted by molar-refractivity contribution is -0.120. The molecule has 1 heterocycles. The van der Waals surface area contributed by atoms with Crippen LogP contribution in [0.15, 0.2) is 65.3 Å². The topological polar surface area (TPSA) is 125 Å². The number of hydrogen-bond acceptors (Lipinski definition) is 6. The molecule has 1 aliphatic rings. The lowest BCUT2D eigenvalue weighted by atomic mass is 10.1. The Kier molecular flexibility index (Phi) is 7.84. The molecule has 3 aromatic carbocycles. The SMILES string of the molecule is COc1cc(NC(=O)c2ccc(NC3=C(Cl)C(=O)N(c4cccc(Cl)c4Cl)C3=O)cc2)c(Cl)cc1C(=O)O. The van der Waals surface area contributed by atoms with Gasteiger partial charge in [-0.15, -0.1) is 0 Å². The number of benzene rings is 3. The molecule has 0 aliphatic carbocycles. The van der Waals surface area contributed by atoms with E-state index >= 15 is 0 Å². The molecule has 3 amide bonds. The van der Waals surface area contributed by atoms with Crippen molar-refractivity contribution in [2.75, 3.05) is 22.6 Å². The van der Waals surface area contributed by atoms with E-state index in [9.17, 15) is 24.3 Å². The first-order valence-electron chi connectivity index (χ1n) is 10.5. The van der Waals surface area contributed by atoms with Crippen molar-refractivity contribution >= 4 is 87.2 Å². The maximum atomic E-state index is 13.0. The Labute approximate surface area is 235 Å². The van der Waals surface area contributed by atoms with Crippen LogP contribution in [-0.4, -0.2) is 35.9 Å². The highest BCUT2D eigenvalue weighted by atomic mass is 35.5. The van der Waals surface area contributed by atoms with E-state index in [-0.39, 0.29) is 54.0 Å². The summed E-state index contributed by atoms with van der Waals surface area (Å²) in [6.45, 7) is 0. The van der Waals surface area contributed by atoms with Crippen molar-refractivity contribution < 1.29 is 29.0 Å². The summed E-state index contributed by atoms with van der Waals surface area (Å²) in [4.78, 5) is 50.6. The van der Waals surface area contributed by atoms with Crippen molar-refractivity contribution in [1.29, 1.82) is 0 Å². The second-order valence-electron chi connectivity index (χ2n) is 7.70. The highest BCUT2D eigenvalue weighted by Crippen LogP contribution is 2.37. The van der Waals surface area contributed by atoms with Gasteiger partial charge in [0.2, 0.25) is 0 Å². The maximum absolute atomic E-state index is 13.0. The molecule has 0 radical (unpaired) electrons. The number of carboxylic acids is 1. The molecule has 9 nitrogen and oxygen atoms in total. The monoisotopic (exact) mass is 593 g/mol. The first-order valence-corrected chi connectivity index (χ1v) is 12.1. The number of amides is 3. The van der Waals surface area contributed by atoms with Crippen LogP contribution in [0.4, 0.5) is 17.1 Å². The molecule has 0 fully saturated rings. The van der Waals surface area contributed by atoms with Gasteiger partial charge in [-0.25, -0.2) is 9.69 Å². The molecule has 194 valence electrons. The van der Waals surface area contributed by atoms with Gasteiger partial charge < -0.3 is 20.5 Å². The fourth-order valence-electron chi connectivity index (χ4n) is 3.52. The summed E-state index contributed by atoms with van der Waals surface area (Å²) < 4.78 is 5.06. The largest absolute Gasteiger partial charge is 0.496 e. The molecule has 3 aromatic rings. The molecule has 0 unspecified atom stereocenters. The van der Waals surface area contributed by atoms with Gasteiger partial charge in [0.1, 0.15) is 22.0 Å². The number of methoxy groups -OCH3 is 1. The zero-order valence-corrected chi connectivity index (χ0v) is 22.2. The van der Waals surface area contributed by atoms with Crippen molar-refractivity contribution in [3.8, 4) is 5.75 Å². The van der Waals surface area contributed by atoms with Gasteiger partial charge in [-0.1, -0.05) is 52.5 Å². The summed E-state index contributed by atoms with van der Waals surface area (Å²) >= 11 is 24.5. The van der Waals surface area contributed by atoms with E-state index in [1.807, 2.05) is 0 Å². The van der Waals surface area contributed by atoms with Gasteiger partial charge in [-0.2, -0.15) is 0 Å². The summed E-state index contributed by atoms with van der Waals surface area (Å²) in [7, 11) is 1.29. The van der Waals surface area contributed by atoms with E-state index < -0.39 is 23.7 Å². The van der Waals surface area contributed by atoms with Gasteiger partial charge in [-0.3, -0.25) is 14.4 Å². The van der Waals surface area contributed by atoms with Crippen LogP contribution >= 0.6 is 46.4 Å². The molecular formula is C25H15Cl4N3O6. The first-order chi connectivity index (χ1) is 18.0. The molecule has 3 N–H and O–H groups in total. The van der Waals surface area contributed by atoms with Crippen LogP contribution in [0.5, 0.6) is 5.75 Å². The van der Waals surface area contributed by atoms with Gasteiger partial charge in [0.25, 0.3) is 17.7 Å². The lowest BCUT2D eigenvalue weighted by Crippen LogP contribution is -2.32. The number of hydrogen-bond donors (Lipinski definition) is 3. The molecule has 13 heteroatoms. The number of ether oxygens (including phenoxy) is 1. The van der Waals surface area contributed by atoms with E-state index in [2.05, 4.69) is 10.6 Å². The number of carbonyl (C=O) groups is 4. The Morgan fingerprint density at radius 3 is 2.24 bits per heavy atom. The highest BCUT2D eigenvalue weighted by molar-refractivity contribution is 6.54. The Hall–Kier alpha value is -3.76. The molecule has 0 saturated heterocycles. The van der Waals surface area contributed by atoms with E-state index in [0.717, 1.165) is 4.90 Å². The minimum Gasteiger partial charge on any atom is -0.496 e. The van der Waals surface area contributed by atoms with Crippen molar-refractivity contribution in [2.24, 2.45) is 0 Å². The summed E-state index contributed by atoms with van der Waals surface area (Å²) in [6, 6.07) is 12.9. The number of aromatic carboxylic acids is 1. The summed E-state index contributed by atoms with van der Waals surface area (Å²) in [5.74, 6) is -3.28. The third-order valence-corrected chi connectivity index (χ3v) is 6.86. The van der Waals surface area contributed by atoms with Crippen LogP contribution < -0.4 is 20.3 Å². The van der Waals surface area contributed by atoms with E-state index in [4.69, 9.17) is 51.1 Å². The van der Waals surface area contributed by atoms with Crippen molar-refractivity contribution in [1.82, 2.24) is 0 Å². The number of halogens is 4. The Morgan fingerprint density at radius 2 is 1.61 bits per heavy atom. The normalized spacial score (nSPS) is 13.1. The molecule has 38 heavy (non-hydrogen) atoms. The quantitative estimate of drug-likeness (QED) is 0.285. The number of carboxylic acid groups (broad SMARTS) is 1. The van der Waals surface area contributed by atoms with Gasteiger partial charge in [-0.05, 0) is 42.5 Å². The molecule has 1 aliphatic heterocycles. The van der Waals surface area contributed by atoms with Crippen LogP contribution in [0, 0.1) is 0 Å². The standard InChI is InChI=1S/C25H15Cl4N3O6/c1-38-18-10-16(15(27)9-13(18)25(36)37)31-22(33)11-5-7-12(8-6-11)30-21-20(29)23(34)32(24(21)35)17-4-2-3-14(26)19(17)28/h2-10,30H,1H3,(H,31,33)(H,36,37). The van der Waals surface area contributed by atoms with E-state index in [1.165, 1.54) is 61.7 Å². The van der Waals surface area contributed by atoms with Crippen molar-refractivity contribution in [2.45, 2.75) is 0 Å². The fourth-order valence-corrected chi connectivity index (χ4v) is 4.33. The van der Waals surface area contributed by atoms with Crippen molar-refractivity contribution in [3.63, 3.8) is 0 Å². The highest BCUT2D eigenvalue weighted by Gasteiger charge is 2.40. The number of carbonyl (C=O) groups excluding carboxylic acids is 3. The fraction of sp³-hybridized carbons (Fsp3) is 0.0400. The predicted octanol–water partition coefficient (Wildman–Crippen LogP) is 6.04. The first kappa shape index (κ1) is 27.3. The molecule has 0 atom stereocenters. The number of imide groups is 1. The molecule has 0 aromatic heterocycles. The summed E-state index contributed by atoms with van der Waals surface area (Å²) in [5, 5.41) is 14.5. The van der Waals surface area contributed by atoms with Gasteiger partial charge in [0, 0.05) is 17.3 Å². The molecule has 0 spiro atoms. The predicted molar refractivity (Wildman–Crippen MR) is 145 cm³/mol. The second-order valence-corrected chi connectivity index (χ2v) is 9.27. The molecule has 0 saturated carbocycles. The minimum atomic E-state index is -1.24. The zero-order chi connectivity index (χ0) is 27.7. The molecule has 4 rings (SSSR count). The lowest BCUT2D eigenvalue weighted by Gasteiger charge is -2.17. The Bertz CT molecular complexity index is 1540. The zero-order valence-electron chi connectivity index (χ0n) is 19.1. The van der Waals surface area contributed by atoms with E-state index in [0.29, 0.717) is 5.69 Å². The van der Waals surface area contributed by atoms with Crippen molar-refractivity contribution in [3.05, 3.63) is 91.5 Å². The van der Waals surface area contributed by atoms with Crippen LogP contribution in [0.3, 0.4) is 0 Å². The molecule has 0 bridgehead atoms.